The largest absolute Gasteiger partial charge is 0.456 e. The molecule has 0 aromatic heterocycles. The predicted molar refractivity (Wildman–Crippen MR) is 82.3 cm³/mol. The average Bonchev–Trinajstić information content (AvgIpc) is 2.42. The van der Waals surface area contributed by atoms with Crippen LogP contribution >= 0.6 is 27.5 Å². The van der Waals surface area contributed by atoms with Crippen molar-refractivity contribution in [2.45, 2.75) is 6.92 Å². The molecule has 0 radical (unpaired) electrons. The van der Waals surface area contributed by atoms with Gasteiger partial charge in [0.05, 0.1) is 15.5 Å². The minimum atomic E-state index is -0.605. The van der Waals surface area contributed by atoms with Gasteiger partial charge in [0.15, 0.2) is 5.78 Å². The Balaban J connectivity index is 2.41. The molecule has 5 nitrogen and oxygen atoms in total. The lowest BCUT2D eigenvalue weighted by Gasteiger charge is -2.09. The maximum absolute atomic E-state index is 11.5. The van der Waals surface area contributed by atoms with E-state index in [1.165, 1.54) is 25.1 Å². The van der Waals surface area contributed by atoms with Gasteiger partial charge in [-0.05, 0) is 37.3 Å². The summed E-state index contributed by atoms with van der Waals surface area (Å²) in [6, 6.07) is 9.05. The number of benzene rings is 2. The molecule has 0 amide bonds. The van der Waals surface area contributed by atoms with Crippen LogP contribution in [0.3, 0.4) is 0 Å². The summed E-state index contributed by atoms with van der Waals surface area (Å²) in [7, 11) is 0. The highest BCUT2D eigenvalue weighted by Crippen LogP contribution is 2.33. The van der Waals surface area contributed by atoms with Crippen molar-refractivity contribution in [1.82, 2.24) is 0 Å². The summed E-state index contributed by atoms with van der Waals surface area (Å²) in [5, 5.41) is 11.3. The fourth-order valence-electron chi connectivity index (χ4n) is 1.70. The van der Waals surface area contributed by atoms with Gasteiger partial charge in [-0.25, -0.2) is 0 Å². The number of Topliss-reactive ketones (excluding diaryl/α,β-unsaturated/α-hetero) is 1. The van der Waals surface area contributed by atoms with Gasteiger partial charge in [-0.1, -0.05) is 27.5 Å². The molecule has 0 fully saturated rings. The first-order valence-electron chi connectivity index (χ1n) is 5.81. The molecule has 2 aromatic rings. The molecule has 0 aliphatic carbocycles. The van der Waals surface area contributed by atoms with Crippen molar-refractivity contribution in [2.75, 3.05) is 0 Å². The van der Waals surface area contributed by atoms with Crippen molar-refractivity contribution >= 4 is 39.0 Å². The number of carbonyl (C=O) groups is 1. The van der Waals surface area contributed by atoms with Crippen molar-refractivity contribution < 1.29 is 14.5 Å². The summed E-state index contributed by atoms with van der Waals surface area (Å²) in [5.74, 6) is 0.271. The molecule has 2 aromatic carbocycles. The molecule has 108 valence electrons. The van der Waals surface area contributed by atoms with Gasteiger partial charge in [-0.3, -0.25) is 14.9 Å². The highest BCUT2D eigenvalue weighted by molar-refractivity contribution is 9.10. The average molecular weight is 371 g/mol. The summed E-state index contributed by atoms with van der Waals surface area (Å²) in [4.78, 5) is 21.8. The minimum Gasteiger partial charge on any atom is -0.456 e. The molecule has 0 saturated carbocycles. The Kier molecular flexibility index (Phi) is 4.59. The van der Waals surface area contributed by atoms with Crippen LogP contribution < -0.4 is 4.74 Å². The number of nitrogens with zero attached hydrogens (tertiary/aromatic N) is 1. The van der Waals surface area contributed by atoms with Gasteiger partial charge in [-0.15, -0.1) is 0 Å². The molecule has 21 heavy (non-hydrogen) atoms. The summed E-state index contributed by atoms with van der Waals surface area (Å²) in [5.41, 5.74) is -0.265. The van der Waals surface area contributed by atoms with Crippen molar-refractivity contribution in [3.63, 3.8) is 0 Å². The number of nitro benzene ring substituents is 1. The van der Waals surface area contributed by atoms with Crippen LogP contribution in [0.4, 0.5) is 5.69 Å². The second kappa shape index (κ2) is 6.24. The Hall–Kier alpha value is -1.92. The van der Waals surface area contributed by atoms with Crippen molar-refractivity contribution in [1.29, 1.82) is 0 Å². The van der Waals surface area contributed by atoms with E-state index in [2.05, 4.69) is 15.9 Å². The quantitative estimate of drug-likeness (QED) is 0.431. The van der Waals surface area contributed by atoms with E-state index in [1.54, 1.807) is 18.2 Å². The number of ketones is 1. The van der Waals surface area contributed by atoms with Gasteiger partial charge >= 0.3 is 0 Å². The summed E-state index contributed by atoms with van der Waals surface area (Å²) in [6.45, 7) is 1.26. The molecule has 0 aliphatic heterocycles. The molecule has 0 N–H and O–H groups in total. The number of hydrogen-bond donors (Lipinski definition) is 0. The number of hydrogen-bond acceptors (Lipinski definition) is 4. The van der Waals surface area contributed by atoms with Gasteiger partial charge in [0.2, 0.25) is 0 Å². The topological polar surface area (TPSA) is 69.4 Å². The van der Waals surface area contributed by atoms with Gasteiger partial charge in [0.1, 0.15) is 11.5 Å². The molecule has 0 bridgehead atoms. The van der Waals surface area contributed by atoms with Crippen LogP contribution in [0.25, 0.3) is 0 Å². The summed E-state index contributed by atoms with van der Waals surface area (Å²) >= 11 is 9.31. The molecular formula is C14H9BrClNO4. The van der Waals surface area contributed by atoms with E-state index in [-0.39, 0.29) is 11.3 Å². The van der Waals surface area contributed by atoms with Crippen molar-refractivity contribution in [2.24, 2.45) is 0 Å². The predicted octanol–water partition coefficient (Wildman–Crippen LogP) is 5.01. The van der Waals surface area contributed by atoms with E-state index >= 15 is 0 Å². The fourth-order valence-corrected chi connectivity index (χ4v) is 2.20. The maximum Gasteiger partial charge on any atom is 0.280 e. The Morgan fingerprint density at radius 3 is 2.62 bits per heavy atom. The van der Waals surface area contributed by atoms with E-state index in [4.69, 9.17) is 16.3 Å². The lowest BCUT2D eigenvalue weighted by Crippen LogP contribution is -2.00. The molecule has 0 saturated heterocycles. The first-order chi connectivity index (χ1) is 9.88. The minimum absolute atomic E-state index is 0.0105. The lowest BCUT2D eigenvalue weighted by molar-refractivity contribution is -0.385. The van der Waals surface area contributed by atoms with Crippen LogP contribution in [0.15, 0.2) is 40.9 Å². The number of ether oxygens (including phenoxy) is 1. The molecule has 0 spiro atoms. The monoisotopic (exact) mass is 369 g/mol. The van der Waals surface area contributed by atoms with E-state index in [9.17, 15) is 14.9 Å². The van der Waals surface area contributed by atoms with E-state index in [0.717, 1.165) is 4.47 Å². The van der Waals surface area contributed by atoms with E-state index in [0.29, 0.717) is 16.5 Å². The fraction of sp³-hybridized carbons (Fsp3) is 0.0714. The van der Waals surface area contributed by atoms with Crippen molar-refractivity contribution in [3.05, 3.63) is 61.6 Å². The zero-order chi connectivity index (χ0) is 15.6. The lowest BCUT2D eigenvalue weighted by atomic mass is 10.1. The highest BCUT2D eigenvalue weighted by atomic mass is 79.9. The molecule has 0 atom stereocenters. The number of nitro groups is 1. The molecule has 0 heterocycles. The summed E-state index contributed by atoms with van der Waals surface area (Å²) < 4.78 is 6.35. The molecule has 0 aliphatic rings. The Bertz CT molecular complexity index is 733. The molecular weight excluding hydrogens is 362 g/mol. The first-order valence-corrected chi connectivity index (χ1v) is 6.98. The van der Waals surface area contributed by atoms with Gasteiger partial charge < -0.3 is 4.74 Å². The third-order valence-corrected chi connectivity index (χ3v) is 3.47. The first kappa shape index (κ1) is 15.5. The SMILES string of the molecule is CC(=O)c1cc(Oc2cc(Br)ccc2Cl)ccc1[N+](=O)[O-]. The zero-order valence-electron chi connectivity index (χ0n) is 10.8. The van der Waals surface area contributed by atoms with Crippen LogP contribution in [0.1, 0.15) is 17.3 Å². The number of carbonyl (C=O) groups excluding carboxylic acids is 1. The van der Waals surface area contributed by atoms with Crippen LogP contribution in [-0.4, -0.2) is 10.7 Å². The number of rotatable bonds is 4. The van der Waals surface area contributed by atoms with Crippen molar-refractivity contribution in [3.8, 4) is 11.5 Å². The smallest absolute Gasteiger partial charge is 0.280 e. The van der Waals surface area contributed by atoms with Crippen LogP contribution in [0.2, 0.25) is 5.02 Å². The van der Waals surface area contributed by atoms with Crippen LogP contribution in [0, 0.1) is 10.1 Å². The van der Waals surface area contributed by atoms with Gasteiger partial charge in [0, 0.05) is 10.5 Å². The van der Waals surface area contributed by atoms with E-state index < -0.39 is 10.7 Å². The second-order valence-electron chi connectivity index (χ2n) is 4.17. The molecule has 7 heteroatoms. The Morgan fingerprint density at radius 1 is 1.29 bits per heavy atom. The highest BCUT2D eigenvalue weighted by Gasteiger charge is 2.18. The Labute approximate surface area is 133 Å². The zero-order valence-corrected chi connectivity index (χ0v) is 13.1. The molecule has 2 rings (SSSR count). The van der Waals surface area contributed by atoms with Crippen LogP contribution in [-0.2, 0) is 0 Å². The van der Waals surface area contributed by atoms with Gasteiger partial charge in [0.25, 0.3) is 5.69 Å². The van der Waals surface area contributed by atoms with Crippen LogP contribution in [0.5, 0.6) is 11.5 Å². The normalized spacial score (nSPS) is 10.2. The van der Waals surface area contributed by atoms with Gasteiger partial charge in [-0.2, -0.15) is 0 Å². The summed E-state index contributed by atoms with van der Waals surface area (Å²) in [6.07, 6.45) is 0. The Morgan fingerprint density at radius 2 is 2.00 bits per heavy atom. The van der Waals surface area contributed by atoms with E-state index in [1.807, 2.05) is 0 Å². The third-order valence-electron chi connectivity index (χ3n) is 2.67. The molecule has 0 unspecified atom stereocenters. The number of halogens is 2. The second-order valence-corrected chi connectivity index (χ2v) is 5.49. The standard InChI is InChI=1S/C14H9BrClNO4/c1-8(18)11-7-10(3-5-13(11)17(19)20)21-14-6-9(15)2-4-12(14)16/h2-7H,1H3. The maximum atomic E-state index is 11.5. The third kappa shape index (κ3) is 3.59.